The second-order valence-corrected chi connectivity index (χ2v) is 12.5. The van der Waals surface area contributed by atoms with Crippen molar-refractivity contribution in [1.29, 1.82) is 0 Å². The van der Waals surface area contributed by atoms with Gasteiger partial charge in [0.1, 0.15) is 0 Å². The zero-order valence-electron chi connectivity index (χ0n) is 27.1. The highest BCUT2D eigenvalue weighted by atomic mass is 16.0. The SMILES string of the molecule is CCCCCCCCCCc1ccccc1C(C)(C)N.CCCCCCCCc1ccccc1C(C)(C)N.O.O. The zero-order chi connectivity index (χ0) is 28.3. The average molecular weight is 559 g/mol. The standard InChI is InChI=1S/C19H33N.C17H29N.2H2O/c1-4-5-6-7-8-9-10-11-14-17-15-12-13-16-18(17)19(2,3)20;1-4-5-6-7-8-9-12-15-13-10-11-14-16(15)17(2,3)18;;/h12-13,15-16H,4-11,14,20H2,1-3H3;10-11,13-14H,4-9,12,18H2,1-3H3;2*1H2. The topological polar surface area (TPSA) is 115 Å². The Morgan fingerprint density at radius 2 is 0.725 bits per heavy atom. The van der Waals surface area contributed by atoms with E-state index >= 15 is 0 Å². The third-order valence-electron chi connectivity index (χ3n) is 7.52. The van der Waals surface area contributed by atoms with Crippen molar-refractivity contribution >= 4 is 0 Å². The van der Waals surface area contributed by atoms with E-state index in [0.717, 1.165) is 0 Å². The molecule has 8 N–H and O–H groups in total. The molecule has 0 atom stereocenters. The molecule has 0 spiro atoms. The van der Waals surface area contributed by atoms with Crippen LogP contribution in [0, 0.1) is 0 Å². The highest BCUT2D eigenvalue weighted by molar-refractivity contribution is 5.33. The Hall–Kier alpha value is -1.72. The molecule has 0 heterocycles. The lowest BCUT2D eigenvalue weighted by Gasteiger charge is -2.23. The summed E-state index contributed by atoms with van der Waals surface area (Å²) in [5.41, 5.74) is 17.5. The second-order valence-electron chi connectivity index (χ2n) is 12.5. The molecule has 232 valence electrons. The van der Waals surface area contributed by atoms with Gasteiger partial charge in [-0.1, -0.05) is 139 Å². The Morgan fingerprint density at radius 3 is 1.02 bits per heavy atom. The number of hydrogen-bond acceptors (Lipinski definition) is 2. The number of unbranched alkanes of at least 4 members (excludes halogenated alkanes) is 12. The van der Waals surface area contributed by atoms with Crippen LogP contribution in [0.15, 0.2) is 48.5 Å². The Morgan fingerprint density at radius 1 is 0.450 bits per heavy atom. The Labute approximate surface area is 248 Å². The summed E-state index contributed by atoms with van der Waals surface area (Å²) >= 11 is 0. The average Bonchev–Trinajstić information content (AvgIpc) is 2.87. The first-order valence-electron chi connectivity index (χ1n) is 15.9. The Bertz CT molecular complexity index is 852. The molecule has 0 aliphatic carbocycles. The van der Waals surface area contributed by atoms with E-state index < -0.39 is 0 Å². The zero-order valence-corrected chi connectivity index (χ0v) is 27.1. The third kappa shape index (κ3) is 17.9. The smallest absolute Gasteiger partial charge is 0.0355 e. The summed E-state index contributed by atoms with van der Waals surface area (Å²) in [4.78, 5) is 0. The van der Waals surface area contributed by atoms with Gasteiger partial charge in [-0.15, -0.1) is 0 Å². The molecule has 0 radical (unpaired) electrons. The van der Waals surface area contributed by atoms with Gasteiger partial charge >= 0.3 is 0 Å². The first-order valence-corrected chi connectivity index (χ1v) is 15.9. The summed E-state index contributed by atoms with van der Waals surface area (Å²) in [5, 5.41) is 0. The molecule has 0 unspecified atom stereocenters. The monoisotopic (exact) mass is 559 g/mol. The third-order valence-corrected chi connectivity index (χ3v) is 7.52. The summed E-state index contributed by atoms with van der Waals surface area (Å²) in [6, 6.07) is 17.3. The maximum absolute atomic E-state index is 6.26. The van der Waals surface area contributed by atoms with Crippen molar-refractivity contribution in [3.8, 4) is 0 Å². The highest BCUT2D eigenvalue weighted by Crippen LogP contribution is 2.24. The van der Waals surface area contributed by atoms with Crippen molar-refractivity contribution in [3.05, 3.63) is 70.8 Å². The molecule has 0 aliphatic heterocycles. The van der Waals surface area contributed by atoms with Gasteiger partial charge in [0.05, 0.1) is 0 Å². The van der Waals surface area contributed by atoms with Gasteiger partial charge in [-0.3, -0.25) is 0 Å². The summed E-state index contributed by atoms with van der Waals surface area (Å²) < 4.78 is 0. The van der Waals surface area contributed by atoms with Crippen LogP contribution in [-0.4, -0.2) is 11.0 Å². The number of benzene rings is 2. The van der Waals surface area contributed by atoms with Crippen LogP contribution in [0.2, 0.25) is 0 Å². The fraction of sp³-hybridized carbons (Fsp3) is 0.667. The molecule has 0 saturated carbocycles. The minimum absolute atomic E-state index is 0. The van der Waals surface area contributed by atoms with Crippen molar-refractivity contribution in [2.75, 3.05) is 0 Å². The lowest BCUT2D eigenvalue weighted by molar-refractivity contribution is 0.541. The molecule has 4 nitrogen and oxygen atoms in total. The van der Waals surface area contributed by atoms with E-state index in [1.807, 2.05) is 0 Å². The van der Waals surface area contributed by atoms with Crippen molar-refractivity contribution in [2.45, 2.75) is 155 Å². The van der Waals surface area contributed by atoms with Crippen molar-refractivity contribution in [2.24, 2.45) is 11.5 Å². The first kappa shape index (κ1) is 40.4. The Kier molecular flexibility index (Phi) is 23.2. The molecule has 2 rings (SSSR count). The predicted molar refractivity (Wildman–Crippen MR) is 178 cm³/mol. The maximum atomic E-state index is 6.26. The lowest BCUT2D eigenvalue weighted by Crippen LogP contribution is -2.30. The predicted octanol–water partition coefficient (Wildman–Crippen LogP) is 8.70. The van der Waals surface area contributed by atoms with Crippen molar-refractivity contribution < 1.29 is 11.0 Å². The number of hydrogen-bond donors (Lipinski definition) is 2. The summed E-state index contributed by atoms with van der Waals surface area (Å²) in [6.07, 6.45) is 21.5. The molecular weight excluding hydrogens is 492 g/mol. The fourth-order valence-electron chi connectivity index (χ4n) is 5.28. The van der Waals surface area contributed by atoms with E-state index in [9.17, 15) is 0 Å². The van der Waals surface area contributed by atoms with Gasteiger partial charge in [-0.05, 0) is 75.6 Å². The number of nitrogens with two attached hydrogens (primary N) is 2. The van der Waals surface area contributed by atoms with Gasteiger partial charge in [-0.25, -0.2) is 0 Å². The largest absolute Gasteiger partial charge is 0.412 e. The van der Waals surface area contributed by atoms with Gasteiger partial charge in [-0.2, -0.15) is 0 Å². The normalized spacial score (nSPS) is 11.2. The summed E-state index contributed by atoms with van der Waals surface area (Å²) in [7, 11) is 0. The number of aryl methyl sites for hydroxylation is 2. The van der Waals surface area contributed by atoms with Gasteiger partial charge in [0.25, 0.3) is 0 Å². The van der Waals surface area contributed by atoms with Crippen LogP contribution in [0.1, 0.15) is 154 Å². The van der Waals surface area contributed by atoms with E-state index in [2.05, 4.69) is 90.1 Å². The van der Waals surface area contributed by atoms with Gasteiger partial charge < -0.3 is 22.4 Å². The van der Waals surface area contributed by atoms with E-state index in [4.69, 9.17) is 11.5 Å². The maximum Gasteiger partial charge on any atom is 0.0355 e. The summed E-state index contributed by atoms with van der Waals surface area (Å²) in [6.45, 7) is 12.9. The minimum atomic E-state index is -0.225. The van der Waals surface area contributed by atoms with Gasteiger partial charge in [0.2, 0.25) is 0 Å². The summed E-state index contributed by atoms with van der Waals surface area (Å²) in [5.74, 6) is 0. The highest BCUT2D eigenvalue weighted by Gasteiger charge is 2.18. The molecule has 40 heavy (non-hydrogen) atoms. The van der Waals surface area contributed by atoms with Gasteiger partial charge in [0, 0.05) is 11.1 Å². The number of rotatable bonds is 18. The second kappa shape index (κ2) is 22.9. The fourth-order valence-corrected chi connectivity index (χ4v) is 5.28. The molecule has 0 bridgehead atoms. The molecule has 0 saturated heterocycles. The van der Waals surface area contributed by atoms with Gasteiger partial charge in [0.15, 0.2) is 0 Å². The molecule has 4 heteroatoms. The molecule has 0 fully saturated rings. The molecule has 0 aliphatic rings. The van der Waals surface area contributed by atoms with Crippen molar-refractivity contribution in [1.82, 2.24) is 0 Å². The van der Waals surface area contributed by atoms with E-state index in [0.29, 0.717) is 0 Å². The van der Waals surface area contributed by atoms with Crippen LogP contribution in [0.5, 0.6) is 0 Å². The van der Waals surface area contributed by atoms with E-state index in [-0.39, 0.29) is 22.0 Å². The van der Waals surface area contributed by atoms with Crippen LogP contribution in [-0.2, 0) is 23.9 Å². The lowest BCUT2D eigenvalue weighted by atomic mass is 9.89. The van der Waals surface area contributed by atoms with Crippen LogP contribution in [0.3, 0.4) is 0 Å². The van der Waals surface area contributed by atoms with Crippen molar-refractivity contribution in [3.63, 3.8) is 0 Å². The molecular formula is C36H66N2O2. The quantitative estimate of drug-likeness (QED) is 0.178. The molecule has 2 aromatic rings. The van der Waals surface area contributed by atoms with Crippen LogP contribution >= 0.6 is 0 Å². The van der Waals surface area contributed by atoms with E-state index in [1.54, 1.807) is 0 Å². The van der Waals surface area contributed by atoms with E-state index in [1.165, 1.54) is 125 Å². The first-order chi connectivity index (χ1) is 18.1. The molecule has 0 amide bonds. The van der Waals surface area contributed by atoms with Crippen LogP contribution in [0.25, 0.3) is 0 Å². The van der Waals surface area contributed by atoms with Crippen LogP contribution in [0.4, 0.5) is 0 Å². The van der Waals surface area contributed by atoms with Crippen LogP contribution < -0.4 is 11.5 Å². The molecule has 2 aromatic carbocycles. The Balaban J connectivity index is 0. The molecule has 0 aromatic heterocycles. The minimum Gasteiger partial charge on any atom is -0.412 e.